The lowest BCUT2D eigenvalue weighted by molar-refractivity contribution is 0.568. The minimum Gasteiger partial charge on any atom is -0.120 e. The fourth-order valence-electron chi connectivity index (χ4n) is 5.09. The van der Waals surface area contributed by atoms with E-state index in [0.29, 0.717) is 11.8 Å². The summed E-state index contributed by atoms with van der Waals surface area (Å²) in [6.07, 6.45) is 12.7. The summed E-state index contributed by atoms with van der Waals surface area (Å²) in [4.78, 5) is 0. The molecule has 1 unspecified atom stereocenters. The summed E-state index contributed by atoms with van der Waals surface area (Å²) in [7, 11) is 0. The summed E-state index contributed by atoms with van der Waals surface area (Å²) in [5.41, 5.74) is 11.9. The first-order chi connectivity index (χ1) is 17.2. The molecular formula is C37H46. The predicted octanol–water partition coefficient (Wildman–Crippen LogP) is 10.4. The van der Waals surface area contributed by atoms with Gasteiger partial charge in [0, 0.05) is 12.3 Å². The Morgan fingerprint density at radius 1 is 0.892 bits per heavy atom. The van der Waals surface area contributed by atoms with Crippen LogP contribution in [-0.2, 0) is 10.8 Å². The van der Waals surface area contributed by atoms with Gasteiger partial charge in [0.15, 0.2) is 0 Å². The molecule has 0 nitrogen and oxygen atoms in total. The minimum atomic E-state index is 0.0975. The minimum absolute atomic E-state index is 0.0975. The van der Waals surface area contributed by atoms with E-state index in [1.54, 1.807) is 0 Å². The highest BCUT2D eigenvalue weighted by Crippen LogP contribution is 2.41. The molecule has 2 aromatic carbocycles. The van der Waals surface area contributed by atoms with E-state index in [4.69, 9.17) is 6.42 Å². The second-order valence-electron chi connectivity index (χ2n) is 13.0. The van der Waals surface area contributed by atoms with Gasteiger partial charge in [-0.1, -0.05) is 127 Å². The number of hydrogen-bond acceptors (Lipinski definition) is 0. The van der Waals surface area contributed by atoms with Gasteiger partial charge in [0.05, 0.1) is 0 Å². The van der Waals surface area contributed by atoms with E-state index < -0.39 is 0 Å². The van der Waals surface area contributed by atoms with Gasteiger partial charge in [-0.2, -0.15) is 0 Å². The fraction of sp³-hybridized carbons (Fsp3) is 0.405. The summed E-state index contributed by atoms with van der Waals surface area (Å²) in [5, 5.41) is 0. The van der Waals surface area contributed by atoms with Gasteiger partial charge in [-0.05, 0) is 75.5 Å². The smallest absolute Gasteiger partial charge is 0.0239 e. The number of terminal acetylenes is 1. The monoisotopic (exact) mass is 490 g/mol. The fourth-order valence-corrected chi connectivity index (χ4v) is 5.09. The molecule has 3 rings (SSSR count). The van der Waals surface area contributed by atoms with Crippen molar-refractivity contribution in [3.05, 3.63) is 107 Å². The normalized spacial score (nSPS) is 16.6. The van der Waals surface area contributed by atoms with E-state index in [-0.39, 0.29) is 10.8 Å². The van der Waals surface area contributed by atoms with Gasteiger partial charge >= 0.3 is 0 Å². The summed E-state index contributed by atoms with van der Waals surface area (Å²) < 4.78 is 0. The van der Waals surface area contributed by atoms with Crippen molar-refractivity contribution in [2.24, 2.45) is 5.92 Å². The SMILES string of the molecule is C#CCCC(=C)c1ccc(C2C=C(C)C=C2[C@H](C)CC(=C)c2cc(C(C)(C)C)cc(C(C)(C)C)c2)cc1. The molecule has 37 heavy (non-hydrogen) atoms. The number of rotatable bonds is 8. The van der Waals surface area contributed by atoms with E-state index in [2.05, 4.69) is 129 Å². The number of benzene rings is 2. The van der Waals surface area contributed by atoms with Crippen LogP contribution in [0.1, 0.15) is 108 Å². The highest BCUT2D eigenvalue weighted by atomic mass is 14.3. The van der Waals surface area contributed by atoms with Crippen LogP contribution < -0.4 is 0 Å². The average Bonchev–Trinajstić information content (AvgIpc) is 3.23. The predicted molar refractivity (Wildman–Crippen MR) is 165 cm³/mol. The van der Waals surface area contributed by atoms with Crippen LogP contribution in [0.4, 0.5) is 0 Å². The molecule has 0 aliphatic heterocycles. The Bertz CT molecular complexity index is 1220. The van der Waals surface area contributed by atoms with Gasteiger partial charge in [0.2, 0.25) is 0 Å². The zero-order valence-electron chi connectivity index (χ0n) is 24.5. The molecule has 2 atom stereocenters. The highest BCUT2D eigenvalue weighted by Gasteiger charge is 2.26. The lowest BCUT2D eigenvalue weighted by Gasteiger charge is -2.27. The third kappa shape index (κ3) is 7.05. The van der Waals surface area contributed by atoms with Crippen molar-refractivity contribution in [3.8, 4) is 12.3 Å². The lowest BCUT2D eigenvalue weighted by Crippen LogP contribution is -2.17. The molecule has 0 saturated heterocycles. The maximum absolute atomic E-state index is 5.43. The quantitative estimate of drug-likeness (QED) is 0.323. The molecule has 0 spiro atoms. The maximum atomic E-state index is 5.43. The van der Waals surface area contributed by atoms with Crippen molar-refractivity contribution in [3.63, 3.8) is 0 Å². The third-order valence-electron chi connectivity index (χ3n) is 7.63. The van der Waals surface area contributed by atoms with Crippen molar-refractivity contribution < 1.29 is 0 Å². The van der Waals surface area contributed by atoms with Gasteiger partial charge in [0.25, 0.3) is 0 Å². The van der Waals surface area contributed by atoms with Crippen LogP contribution in [0.5, 0.6) is 0 Å². The molecule has 0 heterocycles. The largest absolute Gasteiger partial charge is 0.120 e. The van der Waals surface area contributed by atoms with Crippen LogP contribution in [0.2, 0.25) is 0 Å². The molecule has 0 saturated carbocycles. The molecule has 0 radical (unpaired) electrons. The van der Waals surface area contributed by atoms with Crippen LogP contribution in [-0.4, -0.2) is 0 Å². The second kappa shape index (κ2) is 11.1. The number of allylic oxidation sites excluding steroid dienone is 6. The first-order valence-electron chi connectivity index (χ1n) is 13.7. The zero-order valence-corrected chi connectivity index (χ0v) is 24.5. The van der Waals surface area contributed by atoms with E-state index in [9.17, 15) is 0 Å². The topological polar surface area (TPSA) is 0 Å². The molecule has 0 aromatic heterocycles. The van der Waals surface area contributed by atoms with E-state index in [0.717, 1.165) is 24.8 Å². The van der Waals surface area contributed by atoms with Gasteiger partial charge in [-0.25, -0.2) is 0 Å². The molecule has 194 valence electrons. The van der Waals surface area contributed by atoms with Crippen molar-refractivity contribution in [1.82, 2.24) is 0 Å². The summed E-state index contributed by atoms with van der Waals surface area (Å²) >= 11 is 0. The Balaban J connectivity index is 1.83. The summed E-state index contributed by atoms with van der Waals surface area (Å²) in [5.74, 6) is 3.42. The third-order valence-corrected chi connectivity index (χ3v) is 7.63. The van der Waals surface area contributed by atoms with Crippen molar-refractivity contribution in [2.75, 3.05) is 0 Å². The van der Waals surface area contributed by atoms with Gasteiger partial charge in [-0.3, -0.25) is 0 Å². The molecule has 1 aliphatic carbocycles. The molecular weight excluding hydrogens is 444 g/mol. The van der Waals surface area contributed by atoms with Crippen LogP contribution >= 0.6 is 0 Å². The Kier molecular flexibility index (Phi) is 8.59. The van der Waals surface area contributed by atoms with Crippen LogP contribution in [0.3, 0.4) is 0 Å². The van der Waals surface area contributed by atoms with Crippen LogP contribution in [0.15, 0.2) is 78.9 Å². The molecule has 1 aliphatic rings. The average molecular weight is 491 g/mol. The van der Waals surface area contributed by atoms with Crippen LogP contribution in [0.25, 0.3) is 11.1 Å². The van der Waals surface area contributed by atoms with E-state index >= 15 is 0 Å². The van der Waals surface area contributed by atoms with Crippen molar-refractivity contribution in [2.45, 2.75) is 91.4 Å². The Labute approximate surface area is 227 Å². The van der Waals surface area contributed by atoms with E-state index in [1.807, 2.05) is 0 Å². The Morgan fingerprint density at radius 3 is 1.97 bits per heavy atom. The van der Waals surface area contributed by atoms with Gasteiger partial charge in [-0.15, -0.1) is 12.3 Å². The maximum Gasteiger partial charge on any atom is 0.0239 e. The van der Waals surface area contributed by atoms with Crippen molar-refractivity contribution >= 4 is 11.1 Å². The van der Waals surface area contributed by atoms with Gasteiger partial charge in [0.1, 0.15) is 0 Å². The zero-order chi connectivity index (χ0) is 27.5. The molecule has 2 aromatic rings. The first kappa shape index (κ1) is 28.5. The van der Waals surface area contributed by atoms with E-state index in [1.165, 1.54) is 44.5 Å². The molecule has 0 amide bonds. The van der Waals surface area contributed by atoms with Crippen molar-refractivity contribution in [1.29, 1.82) is 0 Å². The summed E-state index contributed by atoms with van der Waals surface area (Å²) in [6.45, 7) is 27.1. The molecule has 0 fully saturated rings. The standard InChI is InChI=1S/C37H46/c1-12-13-14-26(3)29-15-17-30(18-16-29)35-20-25(2)19-34(35)28(5)21-27(4)31-22-32(36(6,7)8)24-33(23-31)37(9,10)11/h1,15-20,22-24,28,35H,3-4,13-14,21H2,2,5-11H3/t28-,35?/m1/s1. The first-order valence-corrected chi connectivity index (χ1v) is 13.7. The molecule has 0 N–H and O–H groups in total. The Hall–Kier alpha value is -3.04. The Morgan fingerprint density at radius 2 is 1.46 bits per heavy atom. The molecule has 0 heteroatoms. The molecule has 0 bridgehead atoms. The number of hydrogen-bond donors (Lipinski definition) is 0. The van der Waals surface area contributed by atoms with Gasteiger partial charge < -0.3 is 0 Å². The highest BCUT2D eigenvalue weighted by molar-refractivity contribution is 5.67. The second-order valence-corrected chi connectivity index (χ2v) is 13.0. The van der Waals surface area contributed by atoms with Crippen LogP contribution in [0, 0.1) is 18.3 Å². The lowest BCUT2D eigenvalue weighted by atomic mass is 9.77. The summed E-state index contributed by atoms with van der Waals surface area (Å²) in [6, 6.07) is 16.0.